The highest BCUT2D eigenvalue weighted by atomic mass is 32.1. The molecule has 3 nitrogen and oxygen atoms in total. The van der Waals surface area contributed by atoms with Gasteiger partial charge in [0.15, 0.2) is 5.43 Å². The van der Waals surface area contributed by atoms with E-state index in [1.165, 1.54) is 0 Å². The lowest BCUT2D eigenvalue weighted by molar-refractivity contribution is 0.927. The zero-order valence-corrected chi connectivity index (χ0v) is 11.3. The van der Waals surface area contributed by atoms with E-state index in [9.17, 15) is 4.79 Å². The molecular formula is C16H10N2OS. The summed E-state index contributed by atoms with van der Waals surface area (Å²) in [6.07, 6.45) is 1.82. The zero-order chi connectivity index (χ0) is 13.5. The Kier molecular flexibility index (Phi) is 2.44. The van der Waals surface area contributed by atoms with Gasteiger partial charge in [-0.3, -0.25) is 4.79 Å². The van der Waals surface area contributed by atoms with Crippen LogP contribution >= 0.6 is 11.3 Å². The Balaban J connectivity index is 2.05. The SMILES string of the molecule is O=c1cc(-n2ncc3ccccc32)sc2ccccc12. The molecule has 2 aromatic carbocycles. The zero-order valence-electron chi connectivity index (χ0n) is 10.5. The Morgan fingerprint density at radius 1 is 1.00 bits per heavy atom. The van der Waals surface area contributed by atoms with Crippen LogP contribution in [0.3, 0.4) is 0 Å². The summed E-state index contributed by atoms with van der Waals surface area (Å²) in [7, 11) is 0. The molecule has 0 aliphatic rings. The lowest BCUT2D eigenvalue weighted by Crippen LogP contribution is -2.03. The van der Waals surface area contributed by atoms with Crippen LogP contribution in [0.4, 0.5) is 0 Å². The van der Waals surface area contributed by atoms with Gasteiger partial charge in [-0.25, -0.2) is 4.68 Å². The predicted molar refractivity (Wildman–Crippen MR) is 82.7 cm³/mol. The first-order chi connectivity index (χ1) is 9.83. The number of hydrogen-bond donors (Lipinski definition) is 0. The number of para-hydroxylation sites is 1. The molecule has 0 spiro atoms. The van der Waals surface area contributed by atoms with Crippen LogP contribution in [-0.4, -0.2) is 9.78 Å². The summed E-state index contributed by atoms with van der Waals surface area (Å²) in [6.45, 7) is 0. The molecule has 0 aliphatic carbocycles. The quantitative estimate of drug-likeness (QED) is 0.533. The molecule has 0 fully saturated rings. The highest BCUT2D eigenvalue weighted by Crippen LogP contribution is 2.24. The van der Waals surface area contributed by atoms with Crippen LogP contribution in [0.5, 0.6) is 0 Å². The predicted octanol–water partition coefficient (Wildman–Crippen LogP) is 3.60. The third-order valence-electron chi connectivity index (χ3n) is 3.31. The van der Waals surface area contributed by atoms with Gasteiger partial charge in [0.05, 0.1) is 11.7 Å². The van der Waals surface area contributed by atoms with Gasteiger partial charge in [-0.05, 0) is 18.2 Å². The molecule has 0 radical (unpaired) electrons. The molecule has 0 atom stereocenters. The van der Waals surface area contributed by atoms with Crippen LogP contribution in [0.15, 0.2) is 65.6 Å². The molecule has 0 unspecified atom stereocenters. The molecule has 4 heteroatoms. The van der Waals surface area contributed by atoms with Gasteiger partial charge in [0.1, 0.15) is 5.00 Å². The van der Waals surface area contributed by atoms with E-state index >= 15 is 0 Å². The summed E-state index contributed by atoms with van der Waals surface area (Å²) >= 11 is 1.57. The van der Waals surface area contributed by atoms with Crippen molar-refractivity contribution in [3.8, 4) is 5.00 Å². The van der Waals surface area contributed by atoms with Crippen molar-refractivity contribution in [1.29, 1.82) is 0 Å². The average Bonchev–Trinajstić information content (AvgIpc) is 2.91. The van der Waals surface area contributed by atoms with Crippen molar-refractivity contribution >= 4 is 32.3 Å². The molecule has 4 aromatic rings. The first kappa shape index (κ1) is 11.4. The van der Waals surface area contributed by atoms with E-state index in [2.05, 4.69) is 5.10 Å². The second-order valence-electron chi connectivity index (χ2n) is 4.56. The first-order valence-corrected chi connectivity index (χ1v) is 7.11. The Morgan fingerprint density at radius 3 is 2.75 bits per heavy atom. The minimum absolute atomic E-state index is 0.0360. The fraction of sp³-hybridized carbons (Fsp3) is 0. The van der Waals surface area contributed by atoms with E-state index in [0.717, 1.165) is 26.0 Å². The second kappa shape index (κ2) is 4.28. The average molecular weight is 278 g/mol. The Bertz CT molecular complexity index is 984. The summed E-state index contributed by atoms with van der Waals surface area (Å²) in [6, 6.07) is 17.3. The number of fused-ring (bicyclic) bond motifs is 2. The second-order valence-corrected chi connectivity index (χ2v) is 5.62. The summed E-state index contributed by atoms with van der Waals surface area (Å²) in [5.74, 6) is 0. The fourth-order valence-corrected chi connectivity index (χ4v) is 3.39. The Morgan fingerprint density at radius 2 is 1.80 bits per heavy atom. The van der Waals surface area contributed by atoms with Crippen molar-refractivity contribution in [1.82, 2.24) is 9.78 Å². The largest absolute Gasteiger partial charge is 0.289 e. The fourth-order valence-electron chi connectivity index (χ4n) is 2.34. The molecule has 4 rings (SSSR count). The van der Waals surface area contributed by atoms with Crippen molar-refractivity contribution in [2.24, 2.45) is 0 Å². The van der Waals surface area contributed by atoms with Gasteiger partial charge in [0.2, 0.25) is 0 Å². The van der Waals surface area contributed by atoms with E-state index in [1.54, 1.807) is 17.4 Å². The topological polar surface area (TPSA) is 34.9 Å². The van der Waals surface area contributed by atoms with Crippen molar-refractivity contribution in [2.75, 3.05) is 0 Å². The minimum Gasteiger partial charge on any atom is -0.289 e. The van der Waals surface area contributed by atoms with Gasteiger partial charge < -0.3 is 0 Å². The third-order valence-corrected chi connectivity index (χ3v) is 4.38. The van der Waals surface area contributed by atoms with Crippen LogP contribution in [-0.2, 0) is 0 Å². The molecule has 2 heterocycles. The molecule has 0 amide bonds. The van der Waals surface area contributed by atoms with Crippen LogP contribution < -0.4 is 5.43 Å². The van der Waals surface area contributed by atoms with Crippen molar-refractivity contribution in [3.05, 3.63) is 71.0 Å². The number of nitrogens with zero attached hydrogens (tertiary/aromatic N) is 2. The van der Waals surface area contributed by atoms with Gasteiger partial charge in [0, 0.05) is 21.5 Å². The van der Waals surface area contributed by atoms with Gasteiger partial charge in [-0.1, -0.05) is 30.3 Å². The Hall–Kier alpha value is -2.46. The molecule has 0 saturated heterocycles. The summed E-state index contributed by atoms with van der Waals surface area (Å²) in [4.78, 5) is 12.2. The van der Waals surface area contributed by atoms with Crippen LogP contribution in [0, 0.1) is 0 Å². The highest BCUT2D eigenvalue weighted by molar-refractivity contribution is 7.20. The minimum atomic E-state index is 0.0360. The summed E-state index contributed by atoms with van der Waals surface area (Å²) in [5, 5.41) is 7.08. The standard InChI is InChI=1S/C16H10N2OS/c19-14-9-16(20-15-8-4-2-6-12(14)15)18-13-7-3-1-5-11(13)10-17-18/h1-10H. The monoisotopic (exact) mass is 278 g/mol. The van der Waals surface area contributed by atoms with Crippen LogP contribution in [0.1, 0.15) is 0 Å². The van der Waals surface area contributed by atoms with Crippen molar-refractivity contribution < 1.29 is 0 Å². The highest BCUT2D eigenvalue weighted by Gasteiger charge is 2.08. The molecule has 2 aromatic heterocycles. The number of aromatic nitrogens is 2. The number of hydrogen-bond acceptors (Lipinski definition) is 3. The molecule has 0 saturated carbocycles. The molecule has 0 aliphatic heterocycles. The van der Waals surface area contributed by atoms with E-state index in [4.69, 9.17) is 0 Å². The molecule has 20 heavy (non-hydrogen) atoms. The van der Waals surface area contributed by atoms with E-state index in [1.807, 2.05) is 59.4 Å². The lowest BCUT2D eigenvalue weighted by atomic mass is 10.2. The van der Waals surface area contributed by atoms with Crippen molar-refractivity contribution in [3.63, 3.8) is 0 Å². The van der Waals surface area contributed by atoms with Gasteiger partial charge >= 0.3 is 0 Å². The normalized spacial score (nSPS) is 11.2. The van der Waals surface area contributed by atoms with Gasteiger partial charge in [0.25, 0.3) is 0 Å². The summed E-state index contributed by atoms with van der Waals surface area (Å²) < 4.78 is 2.81. The number of rotatable bonds is 1. The van der Waals surface area contributed by atoms with E-state index in [0.29, 0.717) is 0 Å². The molecular weight excluding hydrogens is 268 g/mol. The first-order valence-electron chi connectivity index (χ1n) is 6.29. The van der Waals surface area contributed by atoms with Gasteiger partial charge in [-0.15, -0.1) is 11.3 Å². The maximum atomic E-state index is 12.2. The van der Waals surface area contributed by atoms with Crippen LogP contribution in [0.25, 0.3) is 26.0 Å². The van der Waals surface area contributed by atoms with E-state index < -0.39 is 0 Å². The molecule has 0 bridgehead atoms. The molecule has 0 N–H and O–H groups in total. The number of benzene rings is 2. The van der Waals surface area contributed by atoms with Crippen LogP contribution in [0.2, 0.25) is 0 Å². The lowest BCUT2D eigenvalue weighted by Gasteiger charge is -2.03. The smallest absolute Gasteiger partial charge is 0.190 e. The summed E-state index contributed by atoms with van der Waals surface area (Å²) in [5.41, 5.74) is 1.05. The third kappa shape index (κ3) is 1.66. The van der Waals surface area contributed by atoms with E-state index in [-0.39, 0.29) is 5.43 Å². The Labute approximate surface area is 118 Å². The maximum absolute atomic E-state index is 12.2. The van der Waals surface area contributed by atoms with Gasteiger partial charge in [-0.2, -0.15) is 5.10 Å². The van der Waals surface area contributed by atoms with Crippen molar-refractivity contribution in [2.45, 2.75) is 0 Å². The maximum Gasteiger partial charge on any atom is 0.190 e. The molecule has 96 valence electrons.